The number of carbonyl (C=O) groups excluding carboxylic acids is 1. The number of hydrogen-bond acceptors (Lipinski definition) is 5. The fraction of sp³-hybridized carbons (Fsp3) is 0.176. The highest BCUT2D eigenvalue weighted by molar-refractivity contribution is 6.30. The summed E-state index contributed by atoms with van der Waals surface area (Å²) in [5.74, 6) is -0.654. The molecule has 0 aliphatic carbocycles. The number of methoxy groups -OCH3 is 2. The van der Waals surface area contributed by atoms with Gasteiger partial charge < -0.3 is 24.6 Å². The maximum Gasteiger partial charge on any atom is 0.339 e. The fourth-order valence-electron chi connectivity index (χ4n) is 2.02. The second-order valence-corrected chi connectivity index (χ2v) is 5.29. The van der Waals surface area contributed by atoms with Crippen LogP contribution < -0.4 is 19.5 Å². The normalized spacial score (nSPS) is 10.0. The Morgan fingerprint density at radius 3 is 2.48 bits per heavy atom. The van der Waals surface area contributed by atoms with Gasteiger partial charge >= 0.3 is 5.97 Å². The maximum absolute atomic E-state index is 12.1. The topological polar surface area (TPSA) is 94.1 Å². The molecule has 2 rings (SSSR count). The van der Waals surface area contributed by atoms with Crippen LogP contribution >= 0.6 is 11.6 Å². The molecular formula is C17H16ClNO6. The van der Waals surface area contributed by atoms with Gasteiger partial charge in [-0.05, 0) is 30.3 Å². The Hall–Kier alpha value is -2.93. The number of amides is 1. The molecule has 0 saturated carbocycles. The monoisotopic (exact) mass is 365 g/mol. The zero-order valence-electron chi connectivity index (χ0n) is 13.5. The van der Waals surface area contributed by atoms with Crippen molar-refractivity contribution in [2.24, 2.45) is 0 Å². The standard InChI is InChI=1S/C17H16ClNO6/c1-23-11-4-6-13(15(8-11)24-2)19-16(20)9-25-14-7-10(18)3-5-12(14)17(21)22/h3-8H,9H2,1-2H3,(H,19,20)(H,21,22). The molecule has 0 spiro atoms. The van der Waals surface area contributed by atoms with Gasteiger partial charge in [0.1, 0.15) is 22.8 Å². The van der Waals surface area contributed by atoms with Gasteiger partial charge in [0.15, 0.2) is 6.61 Å². The molecular weight excluding hydrogens is 350 g/mol. The Morgan fingerprint density at radius 1 is 1.08 bits per heavy atom. The van der Waals surface area contributed by atoms with Crippen LogP contribution in [0.3, 0.4) is 0 Å². The summed E-state index contributed by atoms with van der Waals surface area (Å²) >= 11 is 5.83. The number of ether oxygens (including phenoxy) is 3. The van der Waals surface area contributed by atoms with E-state index >= 15 is 0 Å². The number of hydrogen-bond donors (Lipinski definition) is 2. The Balaban J connectivity index is 2.07. The van der Waals surface area contributed by atoms with Gasteiger partial charge in [-0.25, -0.2) is 4.79 Å². The lowest BCUT2D eigenvalue weighted by Gasteiger charge is -2.13. The number of carboxylic acids is 1. The Morgan fingerprint density at radius 2 is 1.84 bits per heavy atom. The zero-order chi connectivity index (χ0) is 18.4. The van der Waals surface area contributed by atoms with E-state index in [1.54, 1.807) is 18.2 Å². The molecule has 0 aromatic heterocycles. The third-order valence-corrected chi connectivity index (χ3v) is 3.45. The lowest BCUT2D eigenvalue weighted by Crippen LogP contribution is -2.21. The smallest absolute Gasteiger partial charge is 0.339 e. The molecule has 7 nitrogen and oxygen atoms in total. The van der Waals surface area contributed by atoms with Crippen molar-refractivity contribution in [3.63, 3.8) is 0 Å². The van der Waals surface area contributed by atoms with Gasteiger partial charge in [-0.1, -0.05) is 11.6 Å². The van der Waals surface area contributed by atoms with Crippen LogP contribution in [0.5, 0.6) is 17.2 Å². The summed E-state index contributed by atoms with van der Waals surface area (Å²) in [5, 5.41) is 12.0. The van der Waals surface area contributed by atoms with Crippen LogP contribution in [0, 0.1) is 0 Å². The molecule has 25 heavy (non-hydrogen) atoms. The number of carboxylic acid groups (broad SMARTS) is 1. The number of carbonyl (C=O) groups is 2. The first-order valence-corrected chi connectivity index (χ1v) is 7.50. The summed E-state index contributed by atoms with van der Waals surface area (Å²) in [6.45, 7) is -0.393. The van der Waals surface area contributed by atoms with Gasteiger partial charge in [0, 0.05) is 11.1 Å². The van der Waals surface area contributed by atoms with E-state index in [2.05, 4.69) is 5.32 Å². The molecule has 2 N–H and O–H groups in total. The molecule has 0 heterocycles. The summed E-state index contributed by atoms with van der Waals surface area (Å²) in [4.78, 5) is 23.2. The third-order valence-electron chi connectivity index (χ3n) is 3.22. The van der Waals surface area contributed by atoms with Crippen molar-refractivity contribution in [3.8, 4) is 17.2 Å². The third kappa shape index (κ3) is 4.77. The first-order chi connectivity index (χ1) is 11.9. The van der Waals surface area contributed by atoms with Gasteiger partial charge in [0.2, 0.25) is 0 Å². The molecule has 2 aromatic carbocycles. The Labute approximate surface area is 149 Å². The highest BCUT2D eigenvalue weighted by Crippen LogP contribution is 2.29. The van der Waals surface area contributed by atoms with Crippen LogP contribution in [0.4, 0.5) is 5.69 Å². The summed E-state index contributed by atoms with van der Waals surface area (Å²) in [6.07, 6.45) is 0. The summed E-state index contributed by atoms with van der Waals surface area (Å²) in [6, 6.07) is 8.99. The first-order valence-electron chi connectivity index (χ1n) is 7.12. The highest BCUT2D eigenvalue weighted by atomic mass is 35.5. The Bertz CT molecular complexity index is 793. The predicted molar refractivity (Wildman–Crippen MR) is 92.1 cm³/mol. The maximum atomic E-state index is 12.1. The molecule has 0 aliphatic heterocycles. The first kappa shape index (κ1) is 18.4. The minimum absolute atomic E-state index is 0.0110. The number of anilines is 1. The molecule has 132 valence electrons. The van der Waals surface area contributed by atoms with Gasteiger partial charge in [0.05, 0.1) is 19.9 Å². The minimum atomic E-state index is -1.18. The largest absolute Gasteiger partial charge is 0.497 e. The van der Waals surface area contributed by atoms with E-state index in [0.29, 0.717) is 22.2 Å². The lowest BCUT2D eigenvalue weighted by atomic mass is 10.2. The van der Waals surface area contributed by atoms with E-state index in [4.69, 9.17) is 30.9 Å². The summed E-state index contributed by atoms with van der Waals surface area (Å²) in [7, 11) is 2.98. The van der Waals surface area contributed by atoms with E-state index in [1.165, 1.54) is 32.4 Å². The van der Waals surface area contributed by atoms with Crippen LogP contribution in [-0.2, 0) is 4.79 Å². The number of benzene rings is 2. The van der Waals surface area contributed by atoms with Gasteiger partial charge in [-0.2, -0.15) is 0 Å². The fourth-order valence-corrected chi connectivity index (χ4v) is 2.19. The number of rotatable bonds is 7. The van der Waals surface area contributed by atoms with E-state index in [1.807, 2.05) is 0 Å². The van der Waals surface area contributed by atoms with Gasteiger partial charge in [0.25, 0.3) is 5.91 Å². The van der Waals surface area contributed by atoms with Crippen molar-refractivity contribution in [3.05, 3.63) is 47.0 Å². The second kappa shape index (κ2) is 8.25. The molecule has 0 radical (unpaired) electrons. The van der Waals surface area contributed by atoms with Crippen molar-refractivity contribution in [2.75, 3.05) is 26.1 Å². The molecule has 8 heteroatoms. The van der Waals surface area contributed by atoms with Crippen LogP contribution in [0.1, 0.15) is 10.4 Å². The Kier molecular flexibility index (Phi) is 6.08. The van der Waals surface area contributed by atoms with Crippen LogP contribution in [-0.4, -0.2) is 37.8 Å². The van der Waals surface area contributed by atoms with E-state index in [0.717, 1.165) is 0 Å². The molecule has 0 saturated heterocycles. The quantitative estimate of drug-likeness (QED) is 0.783. The molecule has 2 aromatic rings. The molecule has 1 amide bonds. The van der Waals surface area contributed by atoms with Crippen LogP contribution in [0.25, 0.3) is 0 Å². The number of aromatic carboxylic acids is 1. The number of halogens is 1. The van der Waals surface area contributed by atoms with Crippen molar-refractivity contribution in [2.45, 2.75) is 0 Å². The molecule has 0 bridgehead atoms. The average Bonchev–Trinajstić information content (AvgIpc) is 2.60. The van der Waals surface area contributed by atoms with Crippen LogP contribution in [0.15, 0.2) is 36.4 Å². The van der Waals surface area contributed by atoms with E-state index < -0.39 is 18.5 Å². The van der Waals surface area contributed by atoms with Crippen molar-refractivity contribution in [1.29, 1.82) is 0 Å². The average molecular weight is 366 g/mol. The van der Waals surface area contributed by atoms with Gasteiger partial charge in [-0.3, -0.25) is 4.79 Å². The van der Waals surface area contributed by atoms with Crippen molar-refractivity contribution >= 4 is 29.2 Å². The lowest BCUT2D eigenvalue weighted by molar-refractivity contribution is -0.118. The summed E-state index contributed by atoms with van der Waals surface area (Å²) < 4.78 is 15.6. The van der Waals surface area contributed by atoms with Crippen molar-refractivity contribution < 1.29 is 28.9 Å². The highest BCUT2D eigenvalue weighted by Gasteiger charge is 2.14. The van der Waals surface area contributed by atoms with E-state index in [9.17, 15) is 9.59 Å². The SMILES string of the molecule is COc1ccc(NC(=O)COc2cc(Cl)ccc2C(=O)O)c(OC)c1. The second-order valence-electron chi connectivity index (χ2n) is 4.85. The van der Waals surface area contributed by atoms with Crippen molar-refractivity contribution in [1.82, 2.24) is 0 Å². The predicted octanol–water partition coefficient (Wildman–Crippen LogP) is 3.07. The van der Waals surface area contributed by atoms with Gasteiger partial charge in [-0.15, -0.1) is 0 Å². The molecule has 0 atom stereocenters. The van der Waals surface area contributed by atoms with E-state index in [-0.39, 0.29) is 11.3 Å². The molecule has 0 fully saturated rings. The number of nitrogens with one attached hydrogen (secondary N) is 1. The minimum Gasteiger partial charge on any atom is -0.497 e. The van der Waals surface area contributed by atoms with Crippen LogP contribution in [0.2, 0.25) is 5.02 Å². The zero-order valence-corrected chi connectivity index (χ0v) is 14.3. The molecule has 0 aliphatic rings. The summed E-state index contributed by atoms with van der Waals surface area (Å²) in [5.41, 5.74) is 0.348. The molecule has 0 unspecified atom stereocenters.